The van der Waals surface area contributed by atoms with Crippen LogP contribution in [0.4, 0.5) is 0 Å². The number of nitrogens with one attached hydrogen (secondary N) is 1. The lowest BCUT2D eigenvalue weighted by atomic mass is 9.76. The largest absolute Gasteiger partial charge is 0.327 e. The average Bonchev–Trinajstić information content (AvgIpc) is 2.06. The molecule has 2 rings (SSSR count). The Labute approximate surface area is 68.5 Å². The van der Waals surface area contributed by atoms with E-state index in [4.69, 9.17) is 5.73 Å². The smallest absolute Gasteiger partial charge is 0.0110 e. The Balaban J connectivity index is 1.99. The van der Waals surface area contributed by atoms with Crippen molar-refractivity contribution in [1.29, 1.82) is 0 Å². The molecule has 3 atom stereocenters. The fourth-order valence-electron chi connectivity index (χ4n) is 2.59. The maximum atomic E-state index is 6.05. The zero-order chi connectivity index (χ0) is 7.68. The zero-order valence-electron chi connectivity index (χ0n) is 7.05. The van der Waals surface area contributed by atoms with Crippen LogP contribution in [0.3, 0.4) is 0 Å². The van der Waals surface area contributed by atoms with E-state index < -0.39 is 0 Å². The summed E-state index contributed by atoms with van der Waals surface area (Å²) in [7, 11) is 0. The molecule has 2 heteroatoms. The van der Waals surface area contributed by atoms with Gasteiger partial charge in [-0.3, -0.25) is 0 Å². The first kappa shape index (κ1) is 7.56. The first-order valence-electron chi connectivity index (χ1n) is 4.87. The van der Waals surface area contributed by atoms with Gasteiger partial charge in [-0.15, -0.1) is 0 Å². The Hall–Kier alpha value is -0.0800. The lowest BCUT2D eigenvalue weighted by Gasteiger charge is -2.40. The molecule has 0 amide bonds. The maximum absolute atomic E-state index is 6.05. The molecule has 64 valence electrons. The van der Waals surface area contributed by atoms with Crippen molar-refractivity contribution in [3.05, 3.63) is 0 Å². The molecule has 1 heterocycles. The molecule has 2 aliphatic rings. The van der Waals surface area contributed by atoms with Crippen LogP contribution in [0.2, 0.25) is 0 Å². The van der Waals surface area contributed by atoms with Crippen LogP contribution in [0, 0.1) is 5.92 Å². The molecule has 0 unspecified atom stereocenters. The highest BCUT2D eigenvalue weighted by Gasteiger charge is 2.32. The highest BCUT2D eigenvalue weighted by atomic mass is 14.9. The number of piperidine rings is 1. The molecule has 1 aliphatic carbocycles. The monoisotopic (exact) mass is 154 g/mol. The minimum absolute atomic E-state index is 0.488. The van der Waals surface area contributed by atoms with Crippen molar-refractivity contribution in [3.63, 3.8) is 0 Å². The van der Waals surface area contributed by atoms with Crippen molar-refractivity contribution in [3.8, 4) is 0 Å². The highest BCUT2D eigenvalue weighted by molar-refractivity contribution is 4.91. The Kier molecular flexibility index (Phi) is 2.14. The predicted octanol–water partition coefficient (Wildman–Crippen LogP) is 0.866. The molecule has 2 fully saturated rings. The van der Waals surface area contributed by atoms with Crippen LogP contribution in [-0.2, 0) is 0 Å². The molecule has 0 spiro atoms. The second kappa shape index (κ2) is 3.11. The zero-order valence-corrected chi connectivity index (χ0v) is 7.05. The van der Waals surface area contributed by atoms with Gasteiger partial charge in [-0.1, -0.05) is 6.42 Å². The molecule has 1 saturated heterocycles. The summed E-state index contributed by atoms with van der Waals surface area (Å²) in [4.78, 5) is 0. The van der Waals surface area contributed by atoms with Crippen molar-refractivity contribution in [2.45, 2.75) is 44.2 Å². The minimum Gasteiger partial charge on any atom is -0.327 e. The summed E-state index contributed by atoms with van der Waals surface area (Å²) in [6.45, 7) is 1.22. The molecule has 0 aromatic carbocycles. The first-order chi connectivity index (χ1) is 5.38. The Morgan fingerprint density at radius 1 is 1.09 bits per heavy atom. The number of hydrogen-bond acceptors (Lipinski definition) is 2. The maximum Gasteiger partial charge on any atom is 0.0110 e. The van der Waals surface area contributed by atoms with Crippen LogP contribution in [0.1, 0.15) is 32.1 Å². The van der Waals surface area contributed by atoms with Gasteiger partial charge in [-0.05, 0) is 38.1 Å². The summed E-state index contributed by atoms with van der Waals surface area (Å²) < 4.78 is 0. The van der Waals surface area contributed by atoms with E-state index >= 15 is 0 Å². The summed E-state index contributed by atoms with van der Waals surface area (Å²) in [6.07, 6.45) is 6.63. The minimum atomic E-state index is 0.488. The fourth-order valence-corrected chi connectivity index (χ4v) is 2.59. The van der Waals surface area contributed by atoms with Gasteiger partial charge in [0.05, 0.1) is 0 Å². The molecule has 0 aromatic heterocycles. The van der Waals surface area contributed by atoms with Crippen LogP contribution in [0.25, 0.3) is 0 Å². The molecule has 0 bridgehead atoms. The van der Waals surface area contributed by atoms with Crippen molar-refractivity contribution in [2.75, 3.05) is 6.54 Å². The summed E-state index contributed by atoms with van der Waals surface area (Å²) in [6, 6.07) is 1.24. The van der Waals surface area contributed by atoms with Gasteiger partial charge in [-0.25, -0.2) is 0 Å². The average molecular weight is 154 g/mol. The van der Waals surface area contributed by atoms with E-state index in [2.05, 4.69) is 5.32 Å². The first-order valence-corrected chi connectivity index (χ1v) is 4.87. The van der Waals surface area contributed by atoms with E-state index in [1.54, 1.807) is 0 Å². The van der Waals surface area contributed by atoms with E-state index in [0.29, 0.717) is 6.04 Å². The number of hydrogen-bond donors (Lipinski definition) is 2. The normalized spacial score (nSPS) is 45.0. The third-order valence-electron chi connectivity index (χ3n) is 3.24. The molecule has 0 aromatic rings. The fraction of sp³-hybridized carbons (Fsp3) is 1.00. The summed E-state index contributed by atoms with van der Waals surface area (Å²) in [5.41, 5.74) is 6.05. The number of fused-ring (bicyclic) bond motifs is 1. The SMILES string of the molecule is N[C@@H]1CCC[C@H]2NCCC[C@@H]12. The molecule has 1 saturated carbocycles. The van der Waals surface area contributed by atoms with Crippen molar-refractivity contribution in [1.82, 2.24) is 5.32 Å². The van der Waals surface area contributed by atoms with E-state index in [0.717, 1.165) is 12.0 Å². The molecule has 1 aliphatic heterocycles. The molecular weight excluding hydrogens is 136 g/mol. The lowest BCUT2D eigenvalue weighted by molar-refractivity contribution is 0.184. The van der Waals surface area contributed by atoms with E-state index in [9.17, 15) is 0 Å². The molecule has 11 heavy (non-hydrogen) atoms. The van der Waals surface area contributed by atoms with Gasteiger partial charge in [0, 0.05) is 12.1 Å². The van der Waals surface area contributed by atoms with Gasteiger partial charge < -0.3 is 11.1 Å². The van der Waals surface area contributed by atoms with Crippen molar-refractivity contribution >= 4 is 0 Å². The standard InChI is InChI=1S/C9H18N2/c10-8-4-1-5-9-7(8)3-2-6-11-9/h7-9,11H,1-6,10H2/t7-,8+,9+/m0/s1. The summed E-state index contributed by atoms with van der Waals surface area (Å²) in [5, 5.41) is 3.57. The van der Waals surface area contributed by atoms with Crippen molar-refractivity contribution < 1.29 is 0 Å². The van der Waals surface area contributed by atoms with Crippen LogP contribution in [0.5, 0.6) is 0 Å². The van der Waals surface area contributed by atoms with E-state index in [1.807, 2.05) is 0 Å². The Bertz CT molecular complexity index is 134. The molecule has 2 nitrogen and oxygen atoms in total. The van der Waals surface area contributed by atoms with Gasteiger partial charge >= 0.3 is 0 Å². The third-order valence-corrected chi connectivity index (χ3v) is 3.24. The Morgan fingerprint density at radius 2 is 2.00 bits per heavy atom. The van der Waals surface area contributed by atoms with Crippen LogP contribution in [0.15, 0.2) is 0 Å². The van der Waals surface area contributed by atoms with Gasteiger partial charge in [0.15, 0.2) is 0 Å². The van der Waals surface area contributed by atoms with Gasteiger partial charge in [0.25, 0.3) is 0 Å². The molecule has 0 radical (unpaired) electrons. The van der Waals surface area contributed by atoms with Crippen LogP contribution >= 0.6 is 0 Å². The van der Waals surface area contributed by atoms with E-state index in [1.165, 1.54) is 38.6 Å². The number of rotatable bonds is 0. The predicted molar refractivity (Wildman–Crippen MR) is 46.3 cm³/mol. The Morgan fingerprint density at radius 3 is 2.82 bits per heavy atom. The lowest BCUT2D eigenvalue weighted by Crippen LogP contribution is -2.51. The molecule has 3 N–H and O–H groups in total. The highest BCUT2D eigenvalue weighted by Crippen LogP contribution is 2.29. The second-order valence-corrected chi connectivity index (χ2v) is 3.96. The topological polar surface area (TPSA) is 38.0 Å². The third kappa shape index (κ3) is 1.42. The van der Waals surface area contributed by atoms with Gasteiger partial charge in [0.2, 0.25) is 0 Å². The van der Waals surface area contributed by atoms with Crippen LogP contribution < -0.4 is 11.1 Å². The van der Waals surface area contributed by atoms with Crippen molar-refractivity contribution in [2.24, 2.45) is 11.7 Å². The van der Waals surface area contributed by atoms with E-state index in [-0.39, 0.29) is 0 Å². The van der Waals surface area contributed by atoms with Gasteiger partial charge in [-0.2, -0.15) is 0 Å². The summed E-state index contributed by atoms with van der Waals surface area (Å²) >= 11 is 0. The number of nitrogens with two attached hydrogens (primary N) is 1. The second-order valence-electron chi connectivity index (χ2n) is 3.96. The van der Waals surface area contributed by atoms with Crippen LogP contribution in [-0.4, -0.2) is 18.6 Å². The van der Waals surface area contributed by atoms with Gasteiger partial charge in [0.1, 0.15) is 0 Å². The summed E-state index contributed by atoms with van der Waals surface area (Å²) in [5.74, 6) is 0.789. The molecular formula is C9H18N2. The quantitative estimate of drug-likeness (QED) is 0.543.